The standard InChI is InChI=1S/C16H20Br2O/c1-19-16-5-4-12(8-15(16)18)14(17)9-13-7-10-2-3-11(13)6-10/h4-5,8,10-11,13-14H,2-3,6-7,9H2,1H3. The molecule has 2 bridgehead atoms. The Kier molecular flexibility index (Phi) is 4.23. The van der Waals surface area contributed by atoms with Gasteiger partial charge in [0.05, 0.1) is 11.6 Å². The molecule has 19 heavy (non-hydrogen) atoms. The molecule has 104 valence electrons. The van der Waals surface area contributed by atoms with E-state index >= 15 is 0 Å². The quantitative estimate of drug-likeness (QED) is 0.600. The number of methoxy groups -OCH3 is 1. The summed E-state index contributed by atoms with van der Waals surface area (Å²) in [6, 6.07) is 6.41. The number of alkyl halides is 1. The molecule has 2 aliphatic carbocycles. The first kappa shape index (κ1) is 13.9. The van der Waals surface area contributed by atoms with Gasteiger partial charge in [-0.15, -0.1) is 0 Å². The maximum atomic E-state index is 5.29. The van der Waals surface area contributed by atoms with Crippen LogP contribution in [-0.4, -0.2) is 7.11 Å². The first-order valence-corrected chi connectivity index (χ1v) is 8.85. The Bertz CT molecular complexity index is 460. The van der Waals surface area contributed by atoms with Crippen LogP contribution >= 0.6 is 31.9 Å². The third-order valence-electron chi connectivity index (χ3n) is 4.93. The Hall–Kier alpha value is -0.0200. The average Bonchev–Trinajstić information content (AvgIpc) is 3.00. The van der Waals surface area contributed by atoms with Gasteiger partial charge in [0, 0.05) is 4.83 Å². The van der Waals surface area contributed by atoms with Crippen LogP contribution in [0, 0.1) is 17.8 Å². The summed E-state index contributed by atoms with van der Waals surface area (Å²) in [4.78, 5) is 0.471. The highest BCUT2D eigenvalue weighted by Crippen LogP contribution is 2.52. The van der Waals surface area contributed by atoms with Crippen molar-refractivity contribution in [2.75, 3.05) is 7.11 Å². The van der Waals surface area contributed by atoms with Crippen molar-refractivity contribution in [1.82, 2.24) is 0 Å². The van der Waals surface area contributed by atoms with E-state index in [-0.39, 0.29) is 0 Å². The van der Waals surface area contributed by atoms with E-state index < -0.39 is 0 Å². The zero-order valence-corrected chi connectivity index (χ0v) is 14.4. The fourth-order valence-electron chi connectivity index (χ4n) is 3.94. The van der Waals surface area contributed by atoms with Crippen molar-refractivity contribution in [2.24, 2.45) is 17.8 Å². The molecule has 0 saturated heterocycles. The second kappa shape index (κ2) is 5.77. The van der Waals surface area contributed by atoms with E-state index in [1.807, 2.05) is 0 Å². The molecule has 2 aliphatic rings. The van der Waals surface area contributed by atoms with E-state index in [9.17, 15) is 0 Å². The third-order valence-corrected chi connectivity index (χ3v) is 6.45. The molecule has 1 nitrogen and oxygen atoms in total. The number of ether oxygens (including phenoxy) is 1. The van der Waals surface area contributed by atoms with Gasteiger partial charge in [-0.2, -0.15) is 0 Å². The number of halogens is 2. The van der Waals surface area contributed by atoms with Crippen LogP contribution in [0.1, 0.15) is 42.5 Å². The molecule has 2 saturated carbocycles. The normalized spacial score (nSPS) is 30.6. The van der Waals surface area contributed by atoms with Gasteiger partial charge in [0.1, 0.15) is 5.75 Å². The van der Waals surface area contributed by atoms with Crippen LogP contribution in [-0.2, 0) is 0 Å². The van der Waals surface area contributed by atoms with Crippen LogP contribution < -0.4 is 4.74 Å². The lowest BCUT2D eigenvalue weighted by Crippen LogP contribution is -2.12. The van der Waals surface area contributed by atoms with Crippen LogP contribution in [0.3, 0.4) is 0 Å². The van der Waals surface area contributed by atoms with Gasteiger partial charge in [0.15, 0.2) is 0 Å². The fraction of sp³-hybridized carbons (Fsp3) is 0.625. The molecule has 0 aliphatic heterocycles. The number of rotatable bonds is 4. The third kappa shape index (κ3) is 2.87. The molecule has 0 amide bonds. The van der Waals surface area contributed by atoms with E-state index in [0.29, 0.717) is 4.83 Å². The van der Waals surface area contributed by atoms with Gasteiger partial charge in [0.2, 0.25) is 0 Å². The van der Waals surface area contributed by atoms with Crippen molar-refractivity contribution < 1.29 is 4.74 Å². The van der Waals surface area contributed by atoms with Crippen LogP contribution in [0.2, 0.25) is 0 Å². The van der Waals surface area contributed by atoms with Gasteiger partial charge in [-0.1, -0.05) is 28.4 Å². The Morgan fingerprint density at radius 2 is 2.16 bits per heavy atom. The van der Waals surface area contributed by atoms with Crippen LogP contribution in [0.15, 0.2) is 22.7 Å². The molecule has 2 fully saturated rings. The summed E-state index contributed by atoms with van der Waals surface area (Å²) in [6.07, 6.45) is 7.20. The minimum Gasteiger partial charge on any atom is -0.496 e. The average molecular weight is 388 g/mol. The molecular formula is C16H20Br2O. The molecule has 0 radical (unpaired) electrons. The van der Waals surface area contributed by atoms with E-state index in [0.717, 1.165) is 28.0 Å². The molecule has 3 rings (SSSR count). The van der Waals surface area contributed by atoms with Crippen molar-refractivity contribution in [2.45, 2.75) is 36.9 Å². The van der Waals surface area contributed by atoms with Gasteiger partial charge in [-0.05, 0) is 77.1 Å². The van der Waals surface area contributed by atoms with Gasteiger partial charge in [0.25, 0.3) is 0 Å². The molecule has 4 atom stereocenters. The molecule has 3 heteroatoms. The number of hydrogen-bond donors (Lipinski definition) is 0. The zero-order chi connectivity index (χ0) is 13.4. The zero-order valence-electron chi connectivity index (χ0n) is 11.2. The summed E-state index contributed by atoms with van der Waals surface area (Å²) in [5.41, 5.74) is 1.36. The monoisotopic (exact) mass is 386 g/mol. The molecule has 1 aromatic rings. The van der Waals surface area contributed by atoms with E-state index in [2.05, 4.69) is 50.1 Å². The minimum absolute atomic E-state index is 0.471. The van der Waals surface area contributed by atoms with E-state index in [1.54, 1.807) is 7.11 Å². The van der Waals surface area contributed by atoms with Crippen molar-refractivity contribution in [3.8, 4) is 5.75 Å². The van der Waals surface area contributed by atoms with E-state index in [1.165, 1.54) is 37.7 Å². The predicted molar refractivity (Wildman–Crippen MR) is 85.9 cm³/mol. The highest BCUT2D eigenvalue weighted by Gasteiger charge is 2.39. The molecule has 0 N–H and O–H groups in total. The maximum absolute atomic E-state index is 5.29. The van der Waals surface area contributed by atoms with Crippen molar-refractivity contribution in [1.29, 1.82) is 0 Å². The minimum atomic E-state index is 0.471. The van der Waals surface area contributed by atoms with Crippen LogP contribution in [0.25, 0.3) is 0 Å². The predicted octanol–water partition coefficient (Wildman–Crippen LogP) is 5.72. The number of benzene rings is 1. The summed E-state index contributed by atoms with van der Waals surface area (Å²) < 4.78 is 6.34. The molecule has 0 heterocycles. The Labute approximate surface area is 132 Å². The molecule has 1 aromatic carbocycles. The van der Waals surface area contributed by atoms with Crippen LogP contribution in [0.5, 0.6) is 5.75 Å². The Morgan fingerprint density at radius 3 is 2.74 bits per heavy atom. The second-order valence-corrected chi connectivity index (χ2v) is 7.99. The van der Waals surface area contributed by atoms with Gasteiger partial charge in [-0.3, -0.25) is 0 Å². The summed E-state index contributed by atoms with van der Waals surface area (Å²) >= 11 is 7.46. The molecule has 4 unspecified atom stereocenters. The highest BCUT2D eigenvalue weighted by molar-refractivity contribution is 9.10. The van der Waals surface area contributed by atoms with Crippen molar-refractivity contribution in [3.63, 3.8) is 0 Å². The lowest BCUT2D eigenvalue weighted by atomic mass is 9.84. The summed E-state index contributed by atoms with van der Waals surface area (Å²) in [5, 5.41) is 0. The largest absolute Gasteiger partial charge is 0.496 e. The first-order chi connectivity index (χ1) is 9.17. The molecular weight excluding hydrogens is 368 g/mol. The summed E-state index contributed by atoms with van der Waals surface area (Å²) in [5.74, 6) is 3.89. The van der Waals surface area contributed by atoms with Crippen molar-refractivity contribution in [3.05, 3.63) is 28.2 Å². The smallest absolute Gasteiger partial charge is 0.133 e. The molecule has 0 spiro atoms. The first-order valence-electron chi connectivity index (χ1n) is 7.15. The van der Waals surface area contributed by atoms with Gasteiger partial charge >= 0.3 is 0 Å². The highest BCUT2D eigenvalue weighted by atomic mass is 79.9. The molecule has 0 aromatic heterocycles. The number of fused-ring (bicyclic) bond motifs is 2. The lowest BCUT2D eigenvalue weighted by Gasteiger charge is -2.24. The Morgan fingerprint density at radius 1 is 1.32 bits per heavy atom. The fourth-order valence-corrected chi connectivity index (χ4v) is 5.27. The second-order valence-electron chi connectivity index (χ2n) is 6.03. The maximum Gasteiger partial charge on any atom is 0.133 e. The Balaban J connectivity index is 1.67. The van der Waals surface area contributed by atoms with Gasteiger partial charge < -0.3 is 4.74 Å². The number of hydrogen-bond acceptors (Lipinski definition) is 1. The van der Waals surface area contributed by atoms with Crippen molar-refractivity contribution >= 4 is 31.9 Å². The SMILES string of the molecule is COc1ccc(C(Br)CC2CC3CCC2C3)cc1Br. The summed E-state index contributed by atoms with van der Waals surface area (Å²) in [7, 11) is 1.71. The lowest BCUT2D eigenvalue weighted by molar-refractivity contribution is 0.314. The topological polar surface area (TPSA) is 9.23 Å². The summed E-state index contributed by atoms with van der Waals surface area (Å²) in [6.45, 7) is 0. The van der Waals surface area contributed by atoms with Gasteiger partial charge in [-0.25, -0.2) is 0 Å². The van der Waals surface area contributed by atoms with E-state index in [4.69, 9.17) is 4.74 Å². The van der Waals surface area contributed by atoms with Crippen LogP contribution in [0.4, 0.5) is 0 Å².